The minimum Gasteiger partial charge on any atom is -0.368 e. The Morgan fingerprint density at radius 1 is 0.762 bits per heavy atom. The molecule has 1 heterocycles. The molecule has 0 aliphatic carbocycles. The Morgan fingerprint density at radius 3 is 1.88 bits per heavy atom. The third kappa shape index (κ3) is 8.77. The van der Waals surface area contributed by atoms with E-state index in [1.165, 1.54) is 27.7 Å². The molecule has 3 rings (SSSR count). The van der Waals surface area contributed by atoms with Gasteiger partial charge in [0.1, 0.15) is 30.2 Å². The molecule has 0 saturated heterocycles. The van der Waals surface area contributed by atoms with Crippen LogP contribution in [0.25, 0.3) is 11.1 Å². The fourth-order valence-corrected chi connectivity index (χ4v) is 4.70. The molecule has 4 bridgehead atoms. The minimum atomic E-state index is -1.07. The van der Waals surface area contributed by atoms with Crippen LogP contribution in [0.3, 0.4) is 0 Å². The van der Waals surface area contributed by atoms with E-state index in [0.29, 0.717) is 21.7 Å². The van der Waals surface area contributed by atoms with E-state index in [2.05, 4.69) is 26.6 Å². The first-order valence-electron chi connectivity index (χ1n) is 13.4. The highest BCUT2D eigenvalue weighted by atomic mass is 35.5. The van der Waals surface area contributed by atoms with E-state index in [-0.39, 0.29) is 12.8 Å². The summed E-state index contributed by atoms with van der Waals surface area (Å²) < 4.78 is 0. The maximum absolute atomic E-state index is 13.2. The Hall–Kier alpha value is -4.45. The molecule has 13 heteroatoms. The van der Waals surface area contributed by atoms with Gasteiger partial charge in [0.2, 0.25) is 35.4 Å². The second-order valence-electron chi connectivity index (χ2n) is 10.4. The molecule has 0 aromatic heterocycles. The second-order valence-corrected chi connectivity index (χ2v) is 10.8. The maximum atomic E-state index is 13.2. The quantitative estimate of drug-likeness (QED) is 0.284. The van der Waals surface area contributed by atoms with Crippen LogP contribution >= 0.6 is 11.6 Å². The fourth-order valence-electron chi connectivity index (χ4n) is 4.45. The number of fused-ring (bicyclic) bond motifs is 5. The highest BCUT2D eigenvalue weighted by molar-refractivity contribution is 6.31. The van der Waals surface area contributed by atoms with Crippen molar-refractivity contribution in [2.24, 2.45) is 5.73 Å². The third-order valence-electron chi connectivity index (χ3n) is 6.71. The number of carbonyl (C=O) groups is 6. The smallest absolute Gasteiger partial charge is 0.243 e. The predicted octanol–water partition coefficient (Wildman–Crippen LogP) is 0.0945. The van der Waals surface area contributed by atoms with Crippen LogP contribution in [0.4, 0.5) is 0 Å². The van der Waals surface area contributed by atoms with Crippen molar-refractivity contribution in [1.29, 1.82) is 0 Å². The van der Waals surface area contributed by atoms with Crippen LogP contribution < -0.4 is 32.3 Å². The first-order chi connectivity index (χ1) is 19.7. The molecule has 42 heavy (non-hydrogen) atoms. The zero-order valence-electron chi connectivity index (χ0n) is 23.7. The summed E-state index contributed by atoms with van der Waals surface area (Å²) >= 11 is 6.43. The highest BCUT2D eigenvalue weighted by Gasteiger charge is 2.28. The number of rotatable bonds is 2. The number of nitrogens with one attached hydrogen (secondary N) is 5. The summed E-state index contributed by atoms with van der Waals surface area (Å²) in [6.07, 6.45) is 0.150. The van der Waals surface area contributed by atoms with Gasteiger partial charge in [0.25, 0.3) is 0 Å². The third-order valence-corrected chi connectivity index (χ3v) is 6.93. The standard InChI is InChI=1S/C29H35ClN6O6/c1-14-26(39)33-16(3)28(41)36-23(25(31)38)11-18-6-5-7-20(8-18)21-9-19(10-22(30)13-21)12-24(35-17(4)37)29(42)34-15(2)27(40)32-14/h5-10,13-16,23-24H,11-12H2,1-4H3,(H2,31,38)(H,32,40)(H,33,39)(H,34,42)(H,35,37)(H,36,41)/t14-,15-,16-,23-,24-/m0/s1. The van der Waals surface area contributed by atoms with Crippen LogP contribution in [0.5, 0.6) is 0 Å². The maximum Gasteiger partial charge on any atom is 0.243 e. The van der Waals surface area contributed by atoms with Crippen LogP contribution in [0.15, 0.2) is 42.5 Å². The van der Waals surface area contributed by atoms with Crippen molar-refractivity contribution in [2.75, 3.05) is 0 Å². The van der Waals surface area contributed by atoms with E-state index in [4.69, 9.17) is 17.3 Å². The molecular formula is C29H35ClN6O6. The molecule has 1 aliphatic heterocycles. The molecule has 12 nitrogen and oxygen atoms in total. The normalized spacial score (nSPS) is 24.2. The first kappa shape index (κ1) is 32.1. The zero-order chi connectivity index (χ0) is 31.1. The molecule has 0 fully saturated rings. The van der Waals surface area contributed by atoms with Gasteiger partial charge < -0.3 is 32.3 Å². The number of hydrogen-bond donors (Lipinski definition) is 6. The summed E-state index contributed by atoms with van der Waals surface area (Å²) in [5, 5.41) is 13.1. The van der Waals surface area contributed by atoms with Gasteiger partial charge in [0, 0.05) is 24.8 Å². The van der Waals surface area contributed by atoms with Crippen molar-refractivity contribution < 1.29 is 28.8 Å². The SMILES string of the molecule is CC(=O)N[C@H]1Cc2cc(Cl)cc(c2)-c2cccc(c2)C[C@@H](C(N)=O)NC(=O)[C@H](C)NC(=O)[C@H](C)NC(=O)[C@H](C)NC1=O. The van der Waals surface area contributed by atoms with Gasteiger partial charge in [-0.3, -0.25) is 28.8 Å². The molecule has 224 valence electrons. The Bertz CT molecular complexity index is 1400. The van der Waals surface area contributed by atoms with Crippen molar-refractivity contribution in [3.8, 4) is 11.1 Å². The van der Waals surface area contributed by atoms with E-state index in [9.17, 15) is 28.8 Å². The van der Waals surface area contributed by atoms with E-state index in [0.717, 1.165) is 5.56 Å². The van der Waals surface area contributed by atoms with Gasteiger partial charge >= 0.3 is 0 Å². The van der Waals surface area contributed by atoms with E-state index in [1.54, 1.807) is 24.3 Å². The van der Waals surface area contributed by atoms with Gasteiger partial charge in [-0.15, -0.1) is 0 Å². The summed E-state index contributed by atoms with van der Waals surface area (Å²) in [7, 11) is 0. The van der Waals surface area contributed by atoms with E-state index in [1.807, 2.05) is 18.2 Å². The average Bonchev–Trinajstić information content (AvgIpc) is 2.91. The Labute approximate surface area is 248 Å². The van der Waals surface area contributed by atoms with Crippen LogP contribution in [-0.2, 0) is 41.6 Å². The summed E-state index contributed by atoms with van der Waals surface area (Å²) in [4.78, 5) is 75.6. The first-order valence-corrected chi connectivity index (χ1v) is 13.8. The summed E-state index contributed by atoms with van der Waals surface area (Å²) in [6, 6.07) is 7.17. The molecule has 1 aliphatic rings. The lowest BCUT2D eigenvalue weighted by Gasteiger charge is -2.23. The van der Waals surface area contributed by atoms with E-state index < -0.39 is 65.7 Å². The van der Waals surface area contributed by atoms with Crippen molar-refractivity contribution >= 4 is 47.0 Å². The molecular weight excluding hydrogens is 564 g/mol. The number of amides is 6. The van der Waals surface area contributed by atoms with Gasteiger partial charge in [-0.25, -0.2) is 0 Å². The van der Waals surface area contributed by atoms with Crippen molar-refractivity contribution in [3.63, 3.8) is 0 Å². The van der Waals surface area contributed by atoms with Crippen molar-refractivity contribution in [3.05, 3.63) is 58.6 Å². The van der Waals surface area contributed by atoms with E-state index >= 15 is 0 Å². The lowest BCUT2D eigenvalue weighted by molar-refractivity contribution is -0.134. The van der Waals surface area contributed by atoms with Gasteiger partial charge in [-0.05, 0) is 55.2 Å². The van der Waals surface area contributed by atoms with Crippen LogP contribution in [0, 0.1) is 0 Å². The second kappa shape index (κ2) is 13.9. The highest BCUT2D eigenvalue weighted by Crippen LogP contribution is 2.27. The largest absolute Gasteiger partial charge is 0.368 e. The fraction of sp³-hybridized carbons (Fsp3) is 0.379. The van der Waals surface area contributed by atoms with Crippen LogP contribution in [0.2, 0.25) is 5.02 Å². The van der Waals surface area contributed by atoms with Gasteiger partial charge in [-0.1, -0.05) is 41.9 Å². The number of nitrogens with two attached hydrogens (primary N) is 1. The number of hydrogen-bond acceptors (Lipinski definition) is 6. The van der Waals surface area contributed by atoms with Crippen LogP contribution in [0.1, 0.15) is 38.8 Å². The topological polar surface area (TPSA) is 189 Å². The lowest BCUT2D eigenvalue weighted by atomic mass is 9.96. The molecule has 0 spiro atoms. The Balaban J connectivity index is 2.04. The lowest BCUT2D eigenvalue weighted by Crippen LogP contribution is -2.57. The van der Waals surface area contributed by atoms with Gasteiger partial charge in [-0.2, -0.15) is 0 Å². The van der Waals surface area contributed by atoms with Crippen molar-refractivity contribution in [2.45, 2.75) is 70.7 Å². The molecule has 7 N–H and O–H groups in total. The Kier molecular flexibility index (Phi) is 10.6. The number of halogens is 1. The molecule has 0 unspecified atom stereocenters. The summed E-state index contributed by atoms with van der Waals surface area (Å²) in [6.45, 7) is 5.55. The molecule has 0 saturated carbocycles. The molecule has 0 radical (unpaired) electrons. The average molecular weight is 599 g/mol. The monoisotopic (exact) mass is 598 g/mol. The molecule has 6 amide bonds. The minimum absolute atomic E-state index is 0.0689. The molecule has 5 atom stereocenters. The number of carbonyl (C=O) groups excluding carboxylic acids is 6. The Morgan fingerprint density at radius 2 is 1.31 bits per heavy atom. The van der Waals surface area contributed by atoms with Crippen molar-refractivity contribution in [1.82, 2.24) is 26.6 Å². The number of primary amides is 1. The zero-order valence-corrected chi connectivity index (χ0v) is 24.5. The summed E-state index contributed by atoms with van der Waals surface area (Å²) in [5.74, 6) is -3.77. The predicted molar refractivity (Wildman–Crippen MR) is 156 cm³/mol. The molecule has 2 aromatic carbocycles. The van der Waals surface area contributed by atoms with Gasteiger partial charge in [0.15, 0.2) is 0 Å². The number of benzene rings is 2. The van der Waals surface area contributed by atoms with Gasteiger partial charge in [0.05, 0.1) is 0 Å². The summed E-state index contributed by atoms with van der Waals surface area (Å²) in [5.41, 5.74) is 8.38. The molecule has 2 aromatic rings. The van der Waals surface area contributed by atoms with Crippen LogP contribution in [-0.4, -0.2) is 65.7 Å².